The summed E-state index contributed by atoms with van der Waals surface area (Å²) in [6.07, 6.45) is 1.84. The van der Waals surface area contributed by atoms with Gasteiger partial charge in [0.2, 0.25) is 5.91 Å². The zero-order valence-electron chi connectivity index (χ0n) is 13.3. The summed E-state index contributed by atoms with van der Waals surface area (Å²) < 4.78 is 0.775. The van der Waals surface area contributed by atoms with Crippen LogP contribution in [-0.2, 0) is 14.4 Å². The van der Waals surface area contributed by atoms with E-state index in [9.17, 15) is 14.4 Å². The zero-order chi connectivity index (χ0) is 17.5. The third kappa shape index (κ3) is 5.16. The highest BCUT2D eigenvalue weighted by molar-refractivity contribution is 9.10. The fourth-order valence-electron chi connectivity index (χ4n) is 2.29. The molecule has 1 fully saturated rings. The second-order valence-corrected chi connectivity index (χ2v) is 6.35. The molecule has 2 N–H and O–H groups in total. The van der Waals surface area contributed by atoms with E-state index in [-0.39, 0.29) is 12.3 Å². The van der Waals surface area contributed by atoms with Gasteiger partial charge in [-0.15, -0.1) is 0 Å². The van der Waals surface area contributed by atoms with Crippen molar-refractivity contribution < 1.29 is 14.4 Å². The number of carbonyl (C=O) groups is 3. The third-order valence-electron chi connectivity index (χ3n) is 3.50. The largest absolute Gasteiger partial charge is 0.334 e. The molecule has 3 amide bonds. The average Bonchev–Trinajstić information content (AvgIpc) is 3.08. The highest BCUT2D eigenvalue weighted by Gasteiger charge is 2.24. The molecule has 0 bridgehead atoms. The van der Waals surface area contributed by atoms with Crippen LogP contribution in [0.15, 0.2) is 33.8 Å². The number of halogens is 1. The number of hydrazone groups is 1. The Hall–Kier alpha value is -2.22. The SMILES string of the molecule is C/C(CC(=O)Nc1ccccc1Br)=N/NC(=O)C(=O)N1CCCC1. The Labute approximate surface area is 148 Å². The van der Waals surface area contributed by atoms with Crippen LogP contribution < -0.4 is 10.7 Å². The van der Waals surface area contributed by atoms with Crippen LogP contribution in [0.3, 0.4) is 0 Å². The molecule has 1 aliphatic rings. The normalized spacial score (nSPS) is 14.4. The Morgan fingerprint density at radius 1 is 1.21 bits per heavy atom. The number of rotatable bonds is 4. The topological polar surface area (TPSA) is 90.9 Å². The van der Waals surface area contributed by atoms with Gasteiger partial charge in [-0.3, -0.25) is 14.4 Å². The van der Waals surface area contributed by atoms with Gasteiger partial charge in [0.25, 0.3) is 0 Å². The van der Waals surface area contributed by atoms with Gasteiger partial charge in [0, 0.05) is 23.3 Å². The fraction of sp³-hybridized carbons (Fsp3) is 0.375. The minimum atomic E-state index is -0.775. The summed E-state index contributed by atoms with van der Waals surface area (Å²) in [7, 11) is 0. The molecule has 0 radical (unpaired) electrons. The first-order chi connectivity index (χ1) is 11.5. The maximum atomic E-state index is 12.0. The number of nitrogens with one attached hydrogen (secondary N) is 2. The molecule has 0 unspecified atom stereocenters. The van der Waals surface area contributed by atoms with Crippen molar-refractivity contribution in [1.82, 2.24) is 10.3 Å². The molecule has 24 heavy (non-hydrogen) atoms. The van der Waals surface area contributed by atoms with Gasteiger partial charge in [-0.1, -0.05) is 12.1 Å². The first-order valence-corrected chi connectivity index (χ1v) is 8.43. The molecule has 1 aromatic carbocycles. The Bertz CT molecular complexity index is 669. The van der Waals surface area contributed by atoms with E-state index in [0.29, 0.717) is 24.5 Å². The fourth-order valence-corrected chi connectivity index (χ4v) is 2.67. The molecule has 0 aliphatic carbocycles. The van der Waals surface area contributed by atoms with E-state index >= 15 is 0 Å². The van der Waals surface area contributed by atoms with E-state index in [4.69, 9.17) is 0 Å². The summed E-state index contributed by atoms with van der Waals surface area (Å²) in [6, 6.07) is 7.25. The summed E-state index contributed by atoms with van der Waals surface area (Å²) in [4.78, 5) is 37.0. The highest BCUT2D eigenvalue weighted by atomic mass is 79.9. The lowest BCUT2D eigenvalue weighted by molar-refractivity contribution is -0.145. The highest BCUT2D eigenvalue weighted by Crippen LogP contribution is 2.21. The smallest absolute Gasteiger partial charge is 0.329 e. The van der Waals surface area contributed by atoms with Crippen LogP contribution in [0.2, 0.25) is 0 Å². The number of hydrogen-bond acceptors (Lipinski definition) is 4. The number of carbonyl (C=O) groups excluding carboxylic acids is 3. The number of hydrogen-bond donors (Lipinski definition) is 2. The second kappa shape index (κ2) is 8.58. The van der Waals surface area contributed by atoms with Crippen LogP contribution in [0.4, 0.5) is 5.69 Å². The van der Waals surface area contributed by atoms with Crippen LogP contribution in [0.25, 0.3) is 0 Å². The van der Waals surface area contributed by atoms with Crippen LogP contribution >= 0.6 is 15.9 Å². The molecule has 0 atom stereocenters. The summed E-state index contributed by atoms with van der Waals surface area (Å²) in [5, 5.41) is 6.56. The van der Waals surface area contributed by atoms with E-state index in [0.717, 1.165) is 17.3 Å². The van der Waals surface area contributed by atoms with E-state index in [1.807, 2.05) is 18.2 Å². The molecule has 2 rings (SSSR count). The summed E-state index contributed by atoms with van der Waals surface area (Å²) in [5.41, 5.74) is 3.27. The van der Waals surface area contributed by atoms with Gasteiger partial charge in [-0.05, 0) is 47.8 Å². The quantitative estimate of drug-likeness (QED) is 0.464. The van der Waals surface area contributed by atoms with E-state index in [1.165, 1.54) is 4.90 Å². The number of likely N-dealkylation sites (tertiary alicyclic amines) is 1. The molecule has 0 saturated carbocycles. The van der Waals surface area contributed by atoms with Gasteiger partial charge >= 0.3 is 11.8 Å². The van der Waals surface area contributed by atoms with Crippen molar-refractivity contribution in [2.75, 3.05) is 18.4 Å². The van der Waals surface area contributed by atoms with Crippen molar-refractivity contribution in [2.45, 2.75) is 26.2 Å². The first kappa shape index (κ1) is 18.1. The average molecular weight is 395 g/mol. The van der Waals surface area contributed by atoms with Crippen molar-refractivity contribution in [1.29, 1.82) is 0 Å². The van der Waals surface area contributed by atoms with Crippen molar-refractivity contribution in [2.24, 2.45) is 5.10 Å². The standard InChI is InChI=1S/C16H19BrN4O3/c1-11(10-14(22)18-13-7-3-2-6-12(13)17)19-20-15(23)16(24)21-8-4-5-9-21/h2-3,6-7H,4-5,8-10H2,1H3,(H,18,22)(H,20,23)/b19-11-. The van der Waals surface area contributed by atoms with Crippen LogP contribution in [0, 0.1) is 0 Å². The van der Waals surface area contributed by atoms with E-state index < -0.39 is 11.8 Å². The van der Waals surface area contributed by atoms with Gasteiger partial charge in [0.1, 0.15) is 0 Å². The Kier molecular flexibility index (Phi) is 6.48. The van der Waals surface area contributed by atoms with Crippen LogP contribution in [-0.4, -0.2) is 41.4 Å². The number of anilines is 1. The van der Waals surface area contributed by atoms with Gasteiger partial charge in [0.05, 0.1) is 12.1 Å². The minimum absolute atomic E-state index is 0.0134. The number of amides is 3. The second-order valence-electron chi connectivity index (χ2n) is 5.49. The summed E-state index contributed by atoms with van der Waals surface area (Å²) >= 11 is 3.34. The number of nitrogens with zero attached hydrogens (tertiary/aromatic N) is 2. The molecule has 7 nitrogen and oxygen atoms in total. The number of benzene rings is 1. The Morgan fingerprint density at radius 2 is 1.88 bits per heavy atom. The molecule has 8 heteroatoms. The molecule has 1 aromatic rings. The lowest BCUT2D eigenvalue weighted by Gasteiger charge is -2.13. The molecule has 1 aliphatic heterocycles. The summed E-state index contributed by atoms with van der Waals surface area (Å²) in [5.74, 6) is -1.62. The summed E-state index contributed by atoms with van der Waals surface area (Å²) in [6.45, 7) is 2.81. The molecule has 0 spiro atoms. The van der Waals surface area contributed by atoms with Gasteiger partial charge in [0.15, 0.2) is 0 Å². The van der Waals surface area contributed by atoms with Crippen molar-refractivity contribution in [3.63, 3.8) is 0 Å². The van der Waals surface area contributed by atoms with Crippen molar-refractivity contribution >= 4 is 45.1 Å². The molecule has 128 valence electrons. The number of para-hydroxylation sites is 1. The van der Waals surface area contributed by atoms with Crippen LogP contribution in [0.1, 0.15) is 26.2 Å². The molecule has 1 saturated heterocycles. The predicted octanol–water partition coefficient (Wildman–Crippen LogP) is 1.89. The Balaban J connectivity index is 1.82. The first-order valence-electron chi connectivity index (χ1n) is 7.64. The molecular weight excluding hydrogens is 376 g/mol. The molecule has 0 aromatic heterocycles. The maximum absolute atomic E-state index is 12.0. The van der Waals surface area contributed by atoms with E-state index in [1.54, 1.807) is 13.0 Å². The van der Waals surface area contributed by atoms with Gasteiger partial charge in [-0.2, -0.15) is 5.10 Å². The molecule has 1 heterocycles. The van der Waals surface area contributed by atoms with Gasteiger partial charge < -0.3 is 10.2 Å². The monoisotopic (exact) mass is 394 g/mol. The van der Waals surface area contributed by atoms with Crippen molar-refractivity contribution in [3.05, 3.63) is 28.7 Å². The Morgan fingerprint density at radius 3 is 2.54 bits per heavy atom. The maximum Gasteiger partial charge on any atom is 0.329 e. The van der Waals surface area contributed by atoms with Crippen LogP contribution in [0.5, 0.6) is 0 Å². The predicted molar refractivity (Wildman–Crippen MR) is 94.5 cm³/mol. The zero-order valence-corrected chi connectivity index (χ0v) is 14.9. The minimum Gasteiger partial charge on any atom is -0.334 e. The lowest BCUT2D eigenvalue weighted by Crippen LogP contribution is -2.40. The van der Waals surface area contributed by atoms with Gasteiger partial charge in [-0.25, -0.2) is 5.43 Å². The van der Waals surface area contributed by atoms with E-state index in [2.05, 4.69) is 31.8 Å². The molecular formula is C16H19BrN4O3. The van der Waals surface area contributed by atoms with Crippen molar-refractivity contribution in [3.8, 4) is 0 Å². The third-order valence-corrected chi connectivity index (χ3v) is 4.19. The lowest BCUT2D eigenvalue weighted by atomic mass is 10.2.